The van der Waals surface area contributed by atoms with Gasteiger partial charge in [0.15, 0.2) is 0 Å². The van der Waals surface area contributed by atoms with Gasteiger partial charge in [0.05, 0.1) is 5.69 Å². The maximum atomic E-state index is 13.2. The van der Waals surface area contributed by atoms with Crippen LogP contribution < -0.4 is 10.6 Å². The summed E-state index contributed by atoms with van der Waals surface area (Å²) in [4.78, 5) is 15.8. The van der Waals surface area contributed by atoms with Crippen LogP contribution in [0.1, 0.15) is 27.7 Å². The minimum atomic E-state index is -0.0715. The van der Waals surface area contributed by atoms with Gasteiger partial charge >= 0.3 is 0 Å². The van der Waals surface area contributed by atoms with E-state index in [9.17, 15) is 9.90 Å². The normalized spacial score (nSPS) is 10.7. The lowest BCUT2D eigenvalue weighted by Gasteiger charge is -2.25. The number of thiophene rings is 1. The van der Waals surface area contributed by atoms with Crippen LogP contribution >= 0.6 is 11.3 Å². The van der Waals surface area contributed by atoms with Gasteiger partial charge in [-0.15, -0.1) is 11.3 Å². The van der Waals surface area contributed by atoms with Gasteiger partial charge in [-0.05, 0) is 42.8 Å². The van der Waals surface area contributed by atoms with Crippen molar-refractivity contribution in [3.63, 3.8) is 0 Å². The van der Waals surface area contributed by atoms with Crippen molar-refractivity contribution in [3.8, 4) is 5.75 Å². The van der Waals surface area contributed by atoms with Crippen molar-refractivity contribution in [3.05, 3.63) is 101 Å². The van der Waals surface area contributed by atoms with E-state index in [4.69, 9.17) is 5.73 Å². The number of carbonyl (C=O) groups excluding carboxylic acids is 1. The van der Waals surface area contributed by atoms with Crippen LogP contribution in [0.4, 0.5) is 22.1 Å². The minimum Gasteiger partial charge on any atom is -0.508 e. The van der Waals surface area contributed by atoms with Crippen LogP contribution in [0.5, 0.6) is 5.75 Å². The van der Waals surface area contributed by atoms with Gasteiger partial charge < -0.3 is 15.7 Å². The van der Waals surface area contributed by atoms with E-state index in [2.05, 4.69) is 4.90 Å². The average Bonchev–Trinajstić information content (AvgIpc) is 3.12. The van der Waals surface area contributed by atoms with E-state index in [0.29, 0.717) is 22.5 Å². The first-order valence-electron chi connectivity index (χ1n) is 9.75. The van der Waals surface area contributed by atoms with Crippen molar-refractivity contribution >= 4 is 39.2 Å². The Labute approximate surface area is 179 Å². The minimum absolute atomic E-state index is 0.0715. The van der Waals surface area contributed by atoms with E-state index in [1.807, 2.05) is 79.7 Å². The Morgan fingerprint density at radius 3 is 2.07 bits per heavy atom. The Balaban J connectivity index is 1.89. The number of nitrogen functional groups attached to an aromatic ring is 1. The molecule has 0 fully saturated rings. The SMILES string of the molecule is CCc1c(N(c2ccccc2)c2ccc(O)cc2)sc(C(=O)c2ccccc2)c1N. The largest absolute Gasteiger partial charge is 0.508 e. The Hall–Kier alpha value is -3.57. The Morgan fingerprint density at radius 2 is 1.47 bits per heavy atom. The molecule has 4 aromatic rings. The number of phenols is 1. The number of para-hydroxylation sites is 1. The van der Waals surface area contributed by atoms with Crippen molar-refractivity contribution in [2.75, 3.05) is 10.6 Å². The molecule has 3 N–H and O–H groups in total. The first-order valence-corrected chi connectivity index (χ1v) is 10.6. The second-order valence-corrected chi connectivity index (χ2v) is 7.86. The molecule has 0 radical (unpaired) electrons. The van der Waals surface area contributed by atoms with Gasteiger partial charge in [-0.25, -0.2) is 0 Å². The summed E-state index contributed by atoms with van der Waals surface area (Å²) >= 11 is 1.40. The van der Waals surface area contributed by atoms with E-state index in [0.717, 1.165) is 21.9 Å². The maximum absolute atomic E-state index is 13.2. The third kappa shape index (κ3) is 3.67. The monoisotopic (exact) mass is 414 g/mol. The smallest absolute Gasteiger partial charge is 0.205 e. The number of anilines is 4. The molecule has 0 saturated heterocycles. The molecule has 1 heterocycles. The van der Waals surface area contributed by atoms with Crippen LogP contribution in [0, 0.1) is 0 Å². The Morgan fingerprint density at radius 1 is 0.900 bits per heavy atom. The van der Waals surface area contributed by atoms with Crippen molar-refractivity contribution in [2.24, 2.45) is 0 Å². The number of hydrogen-bond acceptors (Lipinski definition) is 5. The van der Waals surface area contributed by atoms with Crippen LogP contribution in [-0.2, 0) is 6.42 Å². The number of rotatable bonds is 6. The zero-order valence-corrected chi connectivity index (χ0v) is 17.4. The molecule has 0 aliphatic heterocycles. The highest BCUT2D eigenvalue weighted by molar-refractivity contribution is 7.19. The first kappa shape index (κ1) is 19.7. The lowest BCUT2D eigenvalue weighted by molar-refractivity contribution is 0.104. The van der Waals surface area contributed by atoms with Crippen molar-refractivity contribution < 1.29 is 9.90 Å². The molecule has 1 aromatic heterocycles. The molecule has 3 aromatic carbocycles. The van der Waals surface area contributed by atoms with Gasteiger partial charge in [-0.2, -0.15) is 0 Å². The number of carbonyl (C=O) groups is 1. The lowest BCUT2D eigenvalue weighted by atomic mass is 10.1. The molecule has 0 atom stereocenters. The molecule has 0 aliphatic carbocycles. The highest BCUT2D eigenvalue weighted by Crippen LogP contribution is 2.46. The van der Waals surface area contributed by atoms with E-state index < -0.39 is 0 Å². The van der Waals surface area contributed by atoms with Gasteiger partial charge in [0, 0.05) is 22.5 Å². The summed E-state index contributed by atoms with van der Waals surface area (Å²) < 4.78 is 0. The standard InChI is InChI=1S/C25H22N2O2S/c1-2-21-22(26)24(23(29)17-9-5-3-6-10-17)30-25(21)27(18-11-7-4-8-12-18)19-13-15-20(28)16-14-19/h3-16,28H,2,26H2,1H3. The number of phenolic OH excluding ortho intramolecular Hbond substituents is 1. The lowest BCUT2D eigenvalue weighted by Crippen LogP contribution is -2.10. The van der Waals surface area contributed by atoms with Gasteiger partial charge in [-0.1, -0.05) is 55.5 Å². The van der Waals surface area contributed by atoms with Crippen molar-refractivity contribution in [2.45, 2.75) is 13.3 Å². The Bertz CT molecular complexity index is 1150. The molecule has 0 aliphatic rings. The fourth-order valence-corrected chi connectivity index (χ4v) is 4.76. The highest BCUT2D eigenvalue weighted by Gasteiger charge is 2.25. The molecular formula is C25H22N2O2S. The number of nitrogens with two attached hydrogens (primary N) is 1. The molecule has 0 unspecified atom stereocenters. The van der Waals surface area contributed by atoms with Gasteiger partial charge in [0.2, 0.25) is 5.78 Å². The summed E-state index contributed by atoms with van der Waals surface area (Å²) in [5.41, 5.74) is 10.4. The van der Waals surface area contributed by atoms with Gasteiger partial charge in [0.25, 0.3) is 0 Å². The highest BCUT2D eigenvalue weighted by atomic mass is 32.1. The number of aromatic hydroxyl groups is 1. The van der Waals surface area contributed by atoms with E-state index >= 15 is 0 Å². The predicted molar refractivity (Wildman–Crippen MR) is 124 cm³/mol. The first-order chi connectivity index (χ1) is 14.6. The van der Waals surface area contributed by atoms with Crippen LogP contribution in [0.25, 0.3) is 0 Å². The van der Waals surface area contributed by atoms with Crippen molar-refractivity contribution in [1.82, 2.24) is 0 Å². The summed E-state index contributed by atoms with van der Waals surface area (Å²) in [6, 6.07) is 26.2. The summed E-state index contributed by atoms with van der Waals surface area (Å²) in [5.74, 6) is 0.130. The van der Waals surface area contributed by atoms with E-state index in [1.165, 1.54) is 11.3 Å². The predicted octanol–water partition coefficient (Wildman–Crippen LogP) is 6.30. The molecule has 4 rings (SSSR count). The summed E-state index contributed by atoms with van der Waals surface area (Å²) in [5, 5.41) is 10.7. The second-order valence-electron chi connectivity index (χ2n) is 6.86. The van der Waals surface area contributed by atoms with Crippen LogP contribution in [-0.4, -0.2) is 10.9 Å². The fourth-order valence-electron chi connectivity index (χ4n) is 3.44. The number of benzene rings is 3. The number of nitrogens with zero attached hydrogens (tertiary/aromatic N) is 1. The Kier molecular flexibility index (Phi) is 5.55. The zero-order valence-electron chi connectivity index (χ0n) is 16.6. The zero-order chi connectivity index (χ0) is 21.1. The van der Waals surface area contributed by atoms with E-state index in [1.54, 1.807) is 12.1 Å². The number of ketones is 1. The third-order valence-corrected chi connectivity index (χ3v) is 6.18. The van der Waals surface area contributed by atoms with E-state index in [-0.39, 0.29) is 11.5 Å². The third-order valence-electron chi connectivity index (χ3n) is 4.95. The quantitative estimate of drug-likeness (QED) is 0.363. The molecular weight excluding hydrogens is 392 g/mol. The average molecular weight is 415 g/mol. The summed E-state index contributed by atoms with van der Waals surface area (Å²) in [7, 11) is 0. The topological polar surface area (TPSA) is 66.6 Å². The second kappa shape index (κ2) is 8.43. The molecule has 0 amide bonds. The molecule has 5 heteroatoms. The fraction of sp³-hybridized carbons (Fsp3) is 0.0800. The van der Waals surface area contributed by atoms with Crippen LogP contribution in [0.15, 0.2) is 84.9 Å². The molecule has 0 saturated carbocycles. The molecule has 4 nitrogen and oxygen atoms in total. The molecule has 0 spiro atoms. The summed E-state index contributed by atoms with van der Waals surface area (Å²) in [6.07, 6.45) is 0.696. The van der Waals surface area contributed by atoms with Crippen LogP contribution in [0.3, 0.4) is 0 Å². The van der Waals surface area contributed by atoms with Crippen molar-refractivity contribution in [1.29, 1.82) is 0 Å². The maximum Gasteiger partial charge on any atom is 0.205 e. The number of hydrogen-bond donors (Lipinski definition) is 2. The van der Waals surface area contributed by atoms with Crippen LogP contribution in [0.2, 0.25) is 0 Å². The summed E-state index contributed by atoms with van der Waals surface area (Å²) in [6.45, 7) is 2.04. The molecule has 30 heavy (non-hydrogen) atoms. The van der Waals surface area contributed by atoms with Gasteiger partial charge in [-0.3, -0.25) is 4.79 Å². The molecule has 0 bridgehead atoms. The van der Waals surface area contributed by atoms with Gasteiger partial charge in [0.1, 0.15) is 15.6 Å². The molecule has 150 valence electrons.